The normalized spacial score (nSPS) is 16.6. The third-order valence-electron chi connectivity index (χ3n) is 2.12. The van der Waals surface area contributed by atoms with E-state index in [0.717, 1.165) is 5.56 Å². The van der Waals surface area contributed by atoms with Crippen LogP contribution in [0.4, 0.5) is 0 Å². The zero-order valence-electron chi connectivity index (χ0n) is 10.00. The van der Waals surface area contributed by atoms with Crippen molar-refractivity contribution in [1.29, 1.82) is 0 Å². The minimum Gasteiger partial charge on any atom is -0.481 e. The Morgan fingerprint density at radius 3 is 3.21 bits per heavy atom. The quantitative estimate of drug-likeness (QED) is 0.510. The molecule has 5 nitrogen and oxygen atoms in total. The fourth-order valence-electron chi connectivity index (χ4n) is 1.34. The Morgan fingerprint density at radius 2 is 2.47 bits per heavy atom. The summed E-state index contributed by atoms with van der Waals surface area (Å²) < 4.78 is 5.29. The first-order chi connectivity index (χ1) is 9.28. The van der Waals surface area contributed by atoms with E-state index in [0.29, 0.717) is 16.7 Å². The summed E-state index contributed by atoms with van der Waals surface area (Å²) in [5.41, 5.74) is 0.841. The van der Waals surface area contributed by atoms with Gasteiger partial charge in [0, 0.05) is 0 Å². The van der Waals surface area contributed by atoms with Crippen LogP contribution in [0.25, 0.3) is 0 Å². The average Bonchev–Trinajstić information content (AvgIpc) is 2.83. The van der Waals surface area contributed by atoms with E-state index < -0.39 is 0 Å². The lowest BCUT2D eigenvalue weighted by atomic mass is 10.2. The van der Waals surface area contributed by atoms with E-state index in [-0.39, 0.29) is 12.5 Å². The van der Waals surface area contributed by atoms with Crippen LogP contribution >= 0.6 is 11.8 Å². The molecule has 1 heterocycles. The molecule has 1 amide bonds. The molecular weight excluding hydrogens is 262 g/mol. The molecule has 19 heavy (non-hydrogen) atoms. The number of amidine groups is 1. The number of terminal acetylenes is 1. The van der Waals surface area contributed by atoms with Crippen molar-refractivity contribution < 1.29 is 9.53 Å². The number of ether oxygens (including phenoxy) is 1. The van der Waals surface area contributed by atoms with Crippen LogP contribution in [0.1, 0.15) is 5.56 Å². The van der Waals surface area contributed by atoms with E-state index in [1.807, 2.05) is 18.2 Å². The number of nitrogens with zero attached hydrogens (tertiary/aromatic N) is 2. The van der Waals surface area contributed by atoms with Crippen molar-refractivity contribution in [3.63, 3.8) is 0 Å². The fraction of sp³-hybridized carbons (Fsp3) is 0.154. The van der Waals surface area contributed by atoms with Crippen LogP contribution in [0.15, 0.2) is 34.5 Å². The molecule has 1 aromatic rings. The maximum atomic E-state index is 10.9. The Hall–Kier alpha value is -2.26. The van der Waals surface area contributed by atoms with Crippen LogP contribution in [-0.4, -0.2) is 29.6 Å². The topological polar surface area (TPSA) is 63.1 Å². The zero-order chi connectivity index (χ0) is 13.5. The minimum absolute atomic E-state index is 0.0522. The van der Waals surface area contributed by atoms with Gasteiger partial charge < -0.3 is 10.1 Å². The van der Waals surface area contributed by atoms with Gasteiger partial charge in [-0.15, -0.1) is 11.5 Å². The second-order valence-electron chi connectivity index (χ2n) is 3.55. The van der Waals surface area contributed by atoms with E-state index in [1.165, 1.54) is 11.8 Å². The minimum atomic E-state index is -0.0522. The lowest BCUT2D eigenvalue weighted by Crippen LogP contribution is -2.19. The molecule has 1 N–H and O–H groups in total. The molecule has 0 atom stereocenters. The zero-order valence-corrected chi connectivity index (χ0v) is 10.8. The smallest absolute Gasteiger partial charge is 0.236 e. The van der Waals surface area contributed by atoms with Crippen molar-refractivity contribution in [1.82, 2.24) is 5.32 Å². The van der Waals surface area contributed by atoms with Gasteiger partial charge in [-0.25, -0.2) is 0 Å². The number of carbonyl (C=O) groups is 1. The van der Waals surface area contributed by atoms with E-state index >= 15 is 0 Å². The maximum absolute atomic E-state index is 10.9. The molecule has 1 fully saturated rings. The van der Waals surface area contributed by atoms with Crippen LogP contribution in [0.2, 0.25) is 0 Å². The van der Waals surface area contributed by atoms with Gasteiger partial charge in [0.25, 0.3) is 0 Å². The molecule has 1 aliphatic heterocycles. The van der Waals surface area contributed by atoms with Crippen LogP contribution in [0.3, 0.4) is 0 Å². The summed E-state index contributed by atoms with van der Waals surface area (Å²) in [6.07, 6.45) is 6.70. The van der Waals surface area contributed by atoms with Crippen molar-refractivity contribution >= 4 is 29.1 Å². The van der Waals surface area contributed by atoms with Gasteiger partial charge in [0.05, 0.1) is 12.0 Å². The van der Waals surface area contributed by atoms with Gasteiger partial charge in [-0.05, 0) is 17.7 Å². The van der Waals surface area contributed by atoms with Gasteiger partial charge in [-0.2, -0.15) is 5.10 Å². The first kappa shape index (κ1) is 13.2. The van der Waals surface area contributed by atoms with Crippen LogP contribution in [0.5, 0.6) is 5.75 Å². The molecule has 1 saturated heterocycles. The average molecular weight is 273 g/mol. The van der Waals surface area contributed by atoms with Crippen molar-refractivity contribution in [2.45, 2.75) is 0 Å². The molecule has 2 rings (SSSR count). The highest BCUT2D eigenvalue weighted by atomic mass is 32.2. The van der Waals surface area contributed by atoms with Crippen LogP contribution in [0, 0.1) is 12.3 Å². The van der Waals surface area contributed by atoms with E-state index in [2.05, 4.69) is 21.4 Å². The van der Waals surface area contributed by atoms with Gasteiger partial charge in [-0.1, -0.05) is 29.8 Å². The highest BCUT2D eigenvalue weighted by Crippen LogP contribution is 2.12. The number of hydrogen-bond donors (Lipinski definition) is 1. The first-order valence-corrected chi connectivity index (χ1v) is 6.46. The van der Waals surface area contributed by atoms with E-state index in [1.54, 1.807) is 12.3 Å². The number of hydrogen-bond acceptors (Lipinski definition) is 5. The molecule has 0 unspecified atom stereocenters. The van der Waals surface area contributed by atoms with Gasteiger partial charge in [0.1, 0.15) is 12.4 Å². The molecule has 0 radical (unpaired) electrons. The predicted octanol–water partition coefficient (Wildman–Crippen LogP) is 1.25. The fourth-order valence-corrected chi connectivity index (χ4v) is 1.97. The molecule has 1 aliphatic rings. The predicted molar refractivity (Wildman–Crippen MR) is 76.4 cm³/mol. The highest BCUT2D eigenvalue weighted by Gasteiger charge is 2.15. The van der Waals surface area contributed by atoms with Crippen LogP contribution in [-0.2, 0) is 4.79 Å². The third kappa shape index (κ3) is 4.16. The molecule has 0 aliphatic carbocycles. The SMILES string of the molecule is C#CCOc1cccc(C=NN=C2NC(=O)CS2)c1. The molecule has 1 aromatic carbocycles. The van der Waals surface area contributed by atoms with Gasteiger partial charge in [0.2, 0.25) is 5.91 Å². The first-order valence-electron chi connectivity index (χ1n) is 5.48. The van der Waals surface area contributed by atoms with Gasteiger partial charge in [-0.3, -0.25) is 4.79 Å². The summed E-state index contributed by atoms with van der Waals surface area (Å²) in [5, 5.41) is 10.9. The number of rotatable bonds is 4. The standard InChI is InChI=1S/C13H11N3O2S/c1-2-6-18-11-5-3-4-10(7-11)8-14-16-13-15-12(17)9-19-13/h1,3-5,7-8H,6,9H2,(H,15,16,17). The van der Waals surface area contributed by atoms with E-state index in [9.17, 15) is 4.79 Å². The number of benzene rings is 1. The Balaban J connectivity index is 1.99. The molecule has 0 bridgehead atoms. The second-order valence-corrected chi connectivity index (χ2v) is 4.52. The summed E-state index contributed by atoms with van der Waals surface area (Å²) in [6, 6.07) is 7.33. The maximum Gasteiger partial charge on any atom is 0.236 e. The lowest BCUT2D eigenvalue weighted by molar-refractivity contribution is -0.116. The third-order valence-corrected chi connectivity index (χ3v) is 2.99. The monoisotopic (exact) mass is 273 g/mol. The summed E-state index contributed by atoms with van der Waals surface area (Å²) in [5.74, 6) is 3.42. The Kier molecular flexibility index (Phi) is 4.59. The van der Waals surface area contributed by atoms with Crippen molar-refractivity contribution in [2.24, 2.45) is 10.2 Å². The van der Waals surface area contributed by atoms with Gasteiger partial charge in [0.15, 0.2) is 5.17 Å². The second kappa shape index (κ2) is 6.61. The van der Waals surface area contributed by atoms with E-state index in [4.69, 9.17) is 11.2 Å². The molecule has 0 spiro atoms. The van der Waals surface area contributed by atoms with Gasteiger partial charge >= 0.3 is 0 Å². The number of amides is 1. The molecule has 96 valence electrons. The number of nitrogens with one attached hydrogen (secondary N) is 1. The van der Waals surface area contributed by atoms with Crippen molar-refractivity contribution in [3.05, 3.63) is 29.8 Å². The highest BCUT2D eigenvalue weighted by molar-refractivity contribution is 8.15. The lowest BCUT2D eigenvalue weighted by Gasteiger charge is -2.01. The van der Waals surface area contributed by atoms with Crippen molar-refractivity contribution in [2.75, 3.05) is 12.4 Å². The summed E-state index contributed by atoms with van der Waals surface area (Å²) in [6.45, 7) is 0.228. The summed E-state index contributed by atoms with van der Waals surface area (Å²) in [4.78, 5) is 10.9. The Morgan fingerprint density at radius 1 is 1.58 bits per heavy atom. The number of thioether (sulfide) groups is 1. The van der Waals surface area contributed by atoms with Crippen molar-refractivity contribution in [3.8, 4) is 18.1 Å². The molecule has 0 aromatic heterocycles. The molecular formula is C13H11N3O2S. The number of carbonyl (C=O) groups excluding carboxylic acids is 1. The van der Waals surface area contributed by atoms with Crippen LogP contribution < -0.4 is 10.1 Å². The summed E-state index contributed by atoms with van der Waals surface area (Å²) >= 11 is 1.33. The molecule has 6 heteroatoms. The molecule has 0 saturated carbocycles. The Bertz CT molecular complexity index is 575. The summed E-state index contributed by atoms with van der Waals surface area (Å²) in [7, 11) is 0. The largest absolute Gasteiger partial charge is 0.481 e. The Labute approximate surface area is 115 Å².